The van der Waals surface area contributed by atoms with E-state index in [0.717, 1.165) is 16.7 Å². The molecular formula is C19H16N2O3S. The lowest BCUT2D eigenvalue weighted by molar-refractivity contribution is 0.0722. The fourth-order valence-electron chi connectivity index (χ4n) is 2.64. The van der Waals surface area contributed by atoms with E-state index in [2.05, 4.69) is 4.98 Å². The molecule has 3 aromatic heterocycles. The summed E-state index contributed by atoms with van der Waals surface area (Å²) >= 11 is 1.39. The third kappa shape index (κ3) is 2.85. The van der Waals surface area contributed by atoms with Crippen LogP contribution >= 0.6 is 11.3 Å². The Kier molecular flexibility index (Phi) is 3.89. The fraction of sp³-hybridized carbons (Fsp3) is 0.158. The number of para-hydroxylation sites is 1. The molecule has 3 heterocycles. The van der Waals surface area contributed by atoms with Crippen LogP contribution in [0.15, 0.2) is 62.9 Å². The highest BCUT2D eigenvalue weighted by Crippen LogP contribution is 2.29. The van der Waals surface area contributed by atoms with Gasteiger partial charge in [0.15, 0.2) is 10.8 Å². The molecule has 4 rings (SSSR count). The normalized spacial score (nSPS) is 12.4. The highest BCUT2D eigenvalue weighted by atomic mass is 32.1. The van der Waals surface area contributed by atoms with E-state index in [1.54, 1.807) is 29.7 Å². The lowest BCUT2D eigenvalue weighted by atomic mass is 10.2. The van der Waals surface area contributed by atoms with Gasteiger partial charge < -0.3 is 13.7 Å². The maximum Gasteiger partial charge on any atom is 0.273 e. The van der Waals surface area contributed by atoms with Crippen molar-refractivity contribution in [2.45, 2.75) is 13.0 Å². The molecule has 0 aliphatic rings. The molecule has 0 spiro atoms. The van der Waals surface area contributed by atoms with Crippen molar-refractivity contribution in [3.63, 3.8) is 0 Å². The molecule has 1 atom stereocenters. The lowest BCUT2D eigenvalue weighted by Crippen LogP contribution is -2.29. The van der Waals surface area contributed by atoms with Gasteiger partial charge in [0.05, 0.1) is 12.3 Å². The van der Waals surface area contributed by atoms with Crippen LogP contribution in [0.4, 0.5) is 0 Å². The van der Waals surface area contributed by atoms with Crippen LogP contribution in [0, 0.1) is 0 Å². The molecule has 25 heavy (non-hydrogen) atoms. The van der Waals surface area contributed by atoms with Crippen molar-refractivity contribution < 1.29 is 13.6 Å². The van der Waals surface area contributed by atoms with Crippen LogP contribution in [0.3, 0.4) is 0 Å². The van der Waals surface area contributed by atoms with Crippen LogP contribution in [0.1, 0.15) is 29.2 Å². The Bertz CT molecular complexity index is 983. The maximum absolute atomic E-state index is 12.8. The smallest absolute Gasteiger partial charge is 0.273 e. The number of carbonyl (C=O) groups excluding carboxylic acids is 1. The Morgan fingerprint density at radius 2 is 2.08 bits per heavy atom. The van der Waals surface area contributed by atoms with E-state index in [0.29, 0.717) is 16.5 Å². The third-order valence-corrected chi connectivity index (χ3v) is 5.07. The topological polar surface area (TPSA) is 59.5 Å². The molecule has 0 saturated carbocycles. The summed E-state index contributed by atoms with van der Waals surface area (Å²) in [5, 5.41) is 3.47. The minimum atomic E-state index is -0.200. The Balaban J connectivity index is 1.57. The molecule has 0 fully saturated rings. The van der Waals surface area contributed by atoms with Crippen LogP contribution in [-0.4, -0.2) is 22.8 Å². The molecule has 0 radical (unpaired) electrons. The monoisotopic (exact) mass is 352 g/mol. The van der Waals surface area contributed by atoms with Crippen molar-refractivity contribution >= 4 is 28.2 Å². The predicted molar refractivity (Wildman–Crippen MR) is 96.5 cm³/mol. The van der Waals surface area contributed by atoms with E-state index in [9.17, 15) is 4.79 Å². The number of fused-ring (bicyclic) bond motifs is 1. The molecule has 0 N–H and O–H groups in total. The number of nitrogens with zero attached hydrogens (tertiary/aromatic N) is 2. The molecule has 0 bridgehead atoms. The number of benzene rings is 1. The van der Waals surface area contributed by atoms with Gasteiger partial charge in [-0.15, -0.1) is 11.3 Å². The van der Waals surface area contributed by atoms with Crippen molar-refractivity contribution in [2.24, 2.45) is 0 Å². The van der Waals surface area contributed by atoms with Crippen LogP contribution in [0.2, 0.25) is 0 Å². The molecule has 0 aliphatic carbocycles. The highest BCUT2D eigenvalue weighted by molar-refractivity contribution is 7.13. The molecule has 126 valence electrons. The van der Waals surface area contributed by atoms with E-state index < -0.39 is 0 Å². The summed E-state index contributed by atoms with van der Waals surface area (Å²) in [5.74, 6) is 1.26. The van der Waals surface area contributed by atoms with E-state index in [4.69, 9.17) is 8.83 Å². The van der Waals surface area contributed by atoms with Gasteiger partial charge >= 0.3 is 0 Å². The van der Waals surface area contributed by atoms with Crippen LogP contribution in [0.5, 0.6) is 0 Å². The average molecular weight is 352 g/mol. The van der Waals surface area contributed by atoms with Gasteiger partial charge in [0.2, 0.25) is 0 Å². The second kappa shape index (κ2) is 6.22. The predicted octanol–water partition coefficient (Wildman–Crippen LogP) is 4.98. The van der Waals surface area contributed by atoms with Gasteiger partial charge in [-0.25, -0.2) is 4.98 Å². The molecule has 4 aromatic rings. The molecule has 6 heteroatoms. The summed E-state index contributed by atoms with van der Waals surface area (Å²) in [6.45, 7) is 1.94. The largest absolute Gasteiger partial charge is 0.462 e. The highest BCUT2D eigenvalue weighted by Gasteiger charge is 2.24. The Labute approximate surface area is 148 Å². The fourth-order valence-corrected chi connectivity index (χ4v) is 3.40. The zero-order valence-corrected chi connectivity index (χ0v) is 14.6. The molecule has 5 nitrogen and oxygen atoms in total. The zero-order valence-electron chi connectivity index (χ0n) is 13.8. The average Bonchev–Trinajstić information content (AvgIpc) is 3.38. The van der Waals surface area contributed by atoms with Crippen molar-refractivity contribution in [1.29, 1.82) is 0 Å². The molecule has 1 unspecified atom stereocenters. The van der Waals surface area contributed by atoms with Gasteiger partial charge in [-0.3, -0.25) is 4.79 Å². The van der Waals surface area contributed by atoms with Gasteiger partial charge in [0.1, 0.15) is 17.0 Å². The summed E-state index contributed by atoms with van der Waals surface area (Å²) in [5.41, 5.74) is 1.22. The number of thiazole rings is 1. The quantitative estimate of drug-likeness (QED) is 0.519. The number of hydrogen-bond donors (Lipinski definition) is 0. The van der Waals surface area contributed by atoms with Crippen molar-refractivity contribution in [2.75, 3.05) is 7.05 Å². The third-order valence-electron chi connectivity index (χ3n) is 4.21. The van der Waals surface area contributed by atoms with E-state index in [-0.39, 0.29) is 11.9 Å². The standard InChI is InChI=1S/C19H16N2O3S/c1-12(17-10-13-6-3-4-7-15(13)24-17)21(2)19(22)14-11-25-18(20-14)16-8-5-9-23-16/h3-12H,1-2H3. The SMILES string of the molecule is CC(c1cc2ccccc2o1)N(C)C(=O)c1csc(-c2ccco2)n1. The number of amides is 1. The number of furan rings is 2. The summed E-state index contributed by atoms with van der Waals surface area (Å²) < 4.78 is 11.2. The van der Waals surface area contributed by atoms with Gasteiger partial charge in [0, 0.05) is 17.8 Å². The van der Waals surface area contributed by atoms with E-state index in [1.807, 2.05) is 43.3 Å². The zero-order chi connectivity index (χ0) is 17.4. The molecule has 0 saturated heterocycles. The molecule has 1 amide bonds. The van der Waals surface area contributed by atoms with Crippen molar-refractivity contribution in [3.8, 4) is 10.8 Å². The lowest BCUT2D eigenvalue weighted by Gasteiger charge is -2.22. The van der Waals surface area contributed by atoms with Gasteiger partial charge in [0.25, 0.3) is 5.91 Å². The number of rotatable bonds is 4. The minimum absolute atomic E-state index is 0.151. The Morgan fingerprint density at radius 1 is 1.24 bits per heavy atom. The first kappa shape index (κ1) is 15.7. The van der Waals surface area contributed by atoms with Crippen molar-refractivity contribution in [3.05, 3.63) is 65.6 Å². The summed E-state index contributed by atoms with van der Waals surface area (Å²) in [6.07, 6.45) is 1.59. The summed E-state index contributed by atoms with van der Waals surface area (Å²) in [7, 11) is 1.76. The number of hydrogen-bond acceptors (Lipinski definition) is 5. The van der Waals surface area contributed by atoms with Gasteiger partial charge in [-0.1, -0.05) is 18.2 Å². The van der Waals surface area contributed by atoms with Gasteiger partial charge in [-0.05, 0) is 31.2 Å². The molecule has 0 aliphatic heterocycles. The van der Waals surface area contributed by atoms with Crippen LogP contribution < -0.4 is 0 Å². The molecular weight excluding hydrogens is 336 g/mol. The Morgan fingerprint density at radius 3 is 2.84 bits per heavy atom. The summed E-state index contributed by atoms with van der Waals surface area (Å²) in [6, 6.07) is 13.2. The minimum Gasteiger partial charge on any atom is -0.462 e. The number of carbonyl (C=O) groups is 1. The van der Waals surface area contributed by atoms with Crippen LogP contribution in [0.25, 0.3) is 21.7 Å². The Hall–Kier alpha value is -2.86. The first-order chi connectivity index (χ1) is 12.1. The summed E-state index contributed by atoms with van der Waals surface area (Å²) in [4.78, 5) is 18.8. The second-order valence-electron chi connectivity index (χ2n) is 5.79. The maximum atomic E-state index is 12.8. The first-order valence-corrected chi connectivity index (χ1v) is 8.76. The van der Waals surface area contributed by atoms with E-state index in [1.165, 1.54) is 11.3 Å². The van der Waals surface area contributed by atoms with E-state index >= 15 is 0 Å². The number of aromatic nitrogens is 1. The van der Waals surface area contributed by atoms with Crippen LogP contribution in [-0.2, 0) is 0 Å². The molecule has 1 aromatic carbocycles. The van der Waals surface area contributed by atoms with Crippen molar-refractivity contribution in [1.82, 2.24) is 9.88 Å². The second-order valence-corrected chi connectivity index (χ2v) is 6.65. The first-order valence-electron chi connectivity index (χ1n) is 7.88. The van der Waals surface area contributed by atoms with Gasteiger partial charge in [-0.2, -0.15) is 0 Å².